The van der Waals surface area contributed by atoms with Gasteiger partial charge in [0.25, 0.3) is 0 Å². The monoisotopic (exact) mass is 391 g/mol. The Labute approximate surface area is 170 Å². The number of likely N-dealkylation sites (tertiary alicyclic amines) is 1. The van der Waals surface area contributed by atoms with E-state index in [1.54, 1.807) is 12.4 Å². The van der Waals surface area contributed by atoms with Crippen LogP contribution in [0.3, 0.4) is 0 Å². The highest BCUT2D eigenvalue weighted by Gasteiger charge is 2.26. The summed E-state index contributed by atoms with van der Waals surface area (Å²) in [6.45, 7) is 4.17. The molecule has 0 radical (unpaired) electrons. The van der Waals surface area contributed by atoms with Crippen molar-refractivity contribution in [2.24, 2.45) is 0 Å². The molecule has 4 rings (SSSR count). The highest BCUT2D eigenvalue weighted by molar-refractivity contribution is 5.92. The van der Waals surface area contributed by atoms with Crippen LogP contribution in [0.4, 0.5) is 5.69 Å². The molecule has 1 aliphatic heterocycles. The number of carbonyl (C=O) groups excluding carboxylic acids is 1. The van der Waals surface area contributed by atoms with E-state index in [-0.39, 0.29) is 11.8 Å². The number of anilines is 1. The van der Waals surface area contributed by atoms with Gasteiger partial charge in [-0.15, -0.1) is 0 Å². The normalized spacial score (nSPS) is 15.3. The Balaban J connectivity index is 1.28. The van der Waals surface area contributed by atoms with E-state index >= 15 is 0 Å². The van der Waals surface area contributed by atoms with E-state index in [1.807, 2.05) is 30.3 Å². The van der Waals surface area contributed by atoms with E-state index in [1.165, 1.54) is 5.56 Å². The summed E-state index contributed by atoms with van der Waals surface area (Å²) in [6.07, 6.45) is 6.18. The van der Waals surface area contributed by atoms with Gasteiger partial charge in [-0.25, -0.2) is 0 Å². The number of carbonyl (C=O) groups is 1. The molecule has 7 nitrogen and oxygen atoms in total. The molecule has 3 aromatic rings. The molecule has 1 aliphatic rings. The van der Waals surface area contributed by atoms with Crippen molar-refractivity contribution in [1.29, 1.82) is 0 Å². The fourth-order valence-electron chi connectivity index (χ4n) is 3.63. The summed E-state index contributed by atoms with van der Waals surface area (Å²) in [7, 11) is 0. The second kappa shape index (κ2) is 8.96. The molecule has 0 saturated carbocycles. The summed E-state index contributed by atoms with van der Waals surface area (Å²) in [4.78, 5) is 23.1. The Morgan fingerprint density at radius 3 is 2.76 bits per heavy atom. The summed E-state index contributed by atoms with van der Waals surface area (Å²) in [6, 6.07) is 11.7. The standard InChI is InChI=1S/C22H25N5O2/c1-2-16-4-3-5-19(14-16)24-20(28)15-27-12-8-18(9-13-27)22-25-21(26-29-22)17-6-10-23-11-7-17/h3-7,10-11,14,18H,2,8-9,12-13,15H2,1H3,(H,24,28). The van der Waals surface area contributed by atoms with Crippen LogP contribution in [-0.4, -0.2) is 45.6 Å². The van der Waals surface area contributed by atoms with Crippen molar-refractivity contribution in [3.05, 3.63) is 60.2 Å². The Morgan fingerprint density at radius 1 is 1.21 bits per heavy atom. The summed E-state index contributed by atoms with van der Waals surface area (Å²) < 4.78 is 5.50. The second-order valence-corrected chi connectivity index (χ2v) is 7.34. The van der Waals surface area contributed by atoms with Crippen molar-refractivity contribution in [3.63, 3.8) is 0 Å². The van der Waals surface area contributed by atoms with Gasteiger partial charge in [-0.2, -0.15) is 4.98 Å². The van der Waals surface area contributed by atoms with Crippen molar-refractivity contribution in [2.75, 3.05) is 25.0 Å². The predicted octanol–water partition coefficient (Wildman–Crippen LogP) is 3.51. The Kier molecular flexibility index (Phi) is 5.95. The van der Waals surface area contributed by atoms with Gasteiger partial charge >= 0.3 is 0 Å². The van der Waals surface area contributed by atoms with E-state index in [2.05, 4.69) is 38.3 Å². The molecule has 29 heavy (non-hydrogen) atoms. The van der Waals surface area contributed by atoms with E-state index in [9.17, 15) is 4.79 Å². The average Bonchev–Trinajstić information content (AvgIpc) is 3.25. The van der Waals surface area contributed by atoms with Crippen LogP contribution in [0.5, 0.6) is 0 Å². The molecule has 1 amide bonds. The summed E-state index contributed by atoms with van der Waals surface area (Å²) in [5.41, 5.74) is 2.98. The fraction of sp³-hybridized carbons (Fsp3) is 0.364. The van der Waals surface area contributed by atoms with Crippen LogP contribution in [0.15, 0.2) is 53.3 Å². The van der Waals surface area contributed by atoms with Gasteiger partial charge in [0, 0.05) is 29.6 Å². The van der Waals surface area contributed by atoms with Crippen LogP contribution in [-0.2, 0) is 11.2 Å². The fourth-order valence-corrected chi connectivity index (χ4v) is 3.63. The first-order chi connectivity index (χ1) is 14.2. The highest BCUT2D eigenvalue weighted by atomic mass is 16.5. The molecule has 0 aliphatic carbocycles. The third-order valence-corrected chi connectivity index (χ3v) is 5.30. The first kappa shape index (κ1) is 19.3. The van der Waals surface area contributed by atoms with Crippen LogP contribution < -0.4 is 5.32 Å². The number of nitrogens with zero attached hydrogens (tertiary/aromatic N) is 4. The number of rotatable bonds is 6. The lowest BCUT2D eigenvalue weighted by Crippen LogP contribution is -2.38. The number of nitrogens with one attached hydrogen (secondary N) is 1. The van der Waals surface area contributed by atoms with Gasteiger partial charge in [0.05, 0.1) is 6.54 Å². The zero-order valence-corrected chi connectivity index (χ0v) is 16.5. The lowest BCUT2D eigenvalue weighted by molar-refractivity contribution is -0.117. The van der Waals surface area contributed by atoms with Gasteiger partial charge in [-0.05, 0) is 62.2 Å². The molecule has 1 fully saturated rings. The van der Waals surface area contributed by atoms with Crippen LogP contribution in [0.25, 0.3) is 11.4 Å². The zero-order chi connectivity index (χ0) is 20.1. The lowest BCUT2D eigenvalue weighted by Gasteiger charge is -2.29. The van der Waals surface area contributed by atoms with Crippen molar-refractivity contribution in [2.45, 2.75) is 32.1 Å². The number of hydrogen-bond acceptors (Lipinski definition) is 6. The SMILES string of the molecule is CCc1cccc(NC(=O)CN2CCC(c3nc(-c4ccncc4)no3)CC2)c1. The zero-order valence-electron chi connectivity index (χ0n) is 16.5. The quantitative estimate of drug-likeness (QED) is 0.692. The van der Waals surface area contributed by atoms with Crippen LogP contribution >= 0.6 is 0 Å². The summed E-state index contributed by atoms with van der Waals surface area (Å²) >= 11 is 0. The van der Waals surface area contributed by atoms with Gasteiger partial charge in [-0.1, -0.05) is 24.2 Å². The number of piperidine rings is 1. The van der Waals surface area contributed by atoms with E-state index in [0.29, 0.717) is 18.3 Å². The van der Waals surface area contributed by atoms with Crippen LogP contribution in [0.1, 0.15) is 37.1 Å². The molecule has 150 valence electrons. The van der Waals surface area contributed by atoms with E-state index in [0.717, 1.165) is 43.6 Å². The molecule has 1 saturated heterocycles. The largest absolute Gasteiger partial charge is 0.339 e. The minimum Gasteiger partial charge on any atom is -0.339 e. The van der Waals surface area contributed by atoms with Crippen molar-refractivity contribution >= 4 is 11.6 Å². The van der Waals surface area contributed by atoms with Crippen molar-refractivity contribution in [3.8, 4) is 11.4 Å². The number of amides is 1. The molecule has 3 heterocycles. The average molecular weight is 391 g/mol. The Hall–Kier alpha value is -3.06. The first-order valence-electron chi connectivity index (χ1n) is 10.1. The highest BCUT2D eigenvalue weighted by Crippen LogP contribution is 2.28. The smallest absolute Gasteiger partial charge is 0.238 e. The topological polar surface area (TPSA) is 84.2 Å². The van der Waals surface area contributed by atoms with E-state index < -0.39 is 0 Å². The van der Waals surface area contributed by atoms with Gasteiger partial charge in [-0.3, -0.25) is 14.7 Å². The van der Waals surface area contributed by atoms with Gasteiger partial charge in [0.2, 0.25) is 17.6 Å². The molecule has 7 heteroatoms. The molecule has 2 aromatic heterocycles. The number of pyridine rings is 1. The predicted molar refractivity (Wildman–Crippen MR) is 110 cm³/mol. The van der Waals surface area contributed by atoms with E-state index in [4.69, 9.17) is 4.52 Å². The van der Waals surface area contributed by atoms with Gasteiger partial charge < -0.3 is 9.84 Å². The summed E-state index contributed by atoms with van der Waals surface area (Å²) in [5.74, 6) is 1.53. The number of aromatic nitrogens is 3. The molecular formula is C22H25N5O2. The van der Waals surface area contributed by atoms with Crippen LogP contribution in [0.2, 0.25) is 0 Å². The molecule has 0 spiro atoms. The minimum absolute atomic E-state index is 0.0227. The summed E-state index contributed by atoms with van der Waals surface area (Å²) in [5, 5.41) is 7.10. The lowest BCUT2D eigenvalue weighted by atomic mass is 9.97. The number of aryl methyl sites for hydroxylation is 1. The second-order valence-electron chi connectivity index (χ2n) is 7.34. The third kappa shape index (κ3) is 4.86. The number of benzene rings is 1. The minimum atomic E-state index is 0.0227. The van der Waals surface area contributed by atoms with Crippen molar-refractivity contribution in [1.82, 2.24) is 20.0 Å². The van der Waals surface area contributed by atoms with Gasteiger partial charge in [0.1, 0.15) is 0 Å². The molecule has 1 aromatic carbocycles. The maximum Gasteiger partial charge on any atom is 0.238 e. The molecular weight excluding hydrogens is 366 g/mol. The Morgan fingerprint density at radius 2 is 2.00 bits per heavy atom. The Bertz CT molecular complexity index is 949. The van der Waals surface area contributed by atoms with Crippen LogP contribution in [0, 0.1) is 0 Å². The molecule has 1 N–H and O–H groups in total. The maximum absolute atomic E-state index is 12.4. The van der Waals surface area contributed by atoms with Crippen molar-refractivity contribution < 1.29 is 9.32 Å². The molecule has 0 bridgehead atoms. The molecule has 0 unspecified atom stereocenters. The van der Waals surface area contributed by atoms with Gasteiger partial charge in [0.15, 0.2) is 0 Å². The maximum atomic E-state index is 12.4. The number of hydrogen-bond donors (Lipinski definition) is 1. The molecule has 0 atom stereocenters. The first-order valence-corrected chi connectivity index (χ1v) is 10.1. The third-order valence-electron chi connectivity index (χ3n) is 5.30.